The third-order valence-electron chi connectivity index (χ3n) is 3.46. The number of aliphatic carboxylic acids is 1. The summed E-state index contributed by atoms with van der Waals surface area (Å²) < 4.78 is 1.55. The van der Waals surface area contributed by atoms with E-state index in [9.17, 15) is 14.7 Å². The molecule has 0 bridgehead atoms. The zero-order valence-electron chi connectivity index (χ0n) is 10.9. The van der Waals surface area contributed by atoms with E-state index in [2.05, 4.69) is 5.10 Å². The quantitative estimate of drug-likeness (QED) is 0.892. The highest BCUT2D eigenvalue weighted by Gasteiger charge is 2.36. The topological polar surface area (TPSA) is 75.4 Å². The van der Waals surface area contributed by atoms with Gasteiger partial charge in [0.2, 0.25) is 0 Å². The first-order chi connectivity index (χ1) is 9.58. The average Bonchev–Trinajstić information content (AvgIpc) is 3.02. The maximum absolute atomic E-state index is 12.5. The van der Waals surface area contributed by atoms with Crippen LogP contribution in [0.5, 0.6) is 0 Å². The van der Waals surface area contributed by atoms with E-state index in [1.54, 1.807) is 42.2 Å². The maximum Gasteiger partial charge on any atom is 0.312 e. The minimum atomic E-state index is -0.918. The molecule has 0 saturated heterocycles. The molecule has 1 aliphatic rings. The number of nitrogens with zero attached hydrogens (tertiary/aromatic N) is 3. The van der Waals surface area contributed by atoms with Gasteiger partial charge in [-0.15, -0.1) is 0 Å². The van der Waals surface area contributed by atoms with Crippen molar-refractivity contribution in [2.24, 2.45) is 7.05 Å². The van der Waals surface area contributed by atoms with Crippen molar-refractivity contribution < 1.29 is 14.7 Å². The van der Waals surface area contributed by atoms with Crippen molar-refractivity contribution >= 4 is 17.6 Å². The molecule has 2 aromatic rings. The standard InChI is InChI=1S/C14H13N3O3/c1-16-7-9(6-15-16)13(18)17-8-11(14(19)20)10-4-2-3-5-12(10)17/h2-7,11H,8H2,1H3,(H,19,20). The van der Waals surface area contributed by atoms with E-state index >= 15 is 0 Å². The number of aryl methyl sites for hydroxylation is 1. The summed E-state index contributed by atoms with van der Waals surface area (Å²) in [4.78, 5) is 25.3. The molecule has 6 heteroatoms. The number of para-hydroxylation sites is 1. The molecule has 0 aliphatic carbocycles. The number of fused-ring (bicyclic) bond motifs is 1. The monoisotopic (exact) mass is 271 g/mol. The van der Waals surface area contributed by atoms with Crippen LogP contribution in [0.4, 0.5) is 5.69 Å². The van der Waals surface area contributed by atoms with Crippen molar-refractivity contribution in [3.63, 3.8) is 0 Å². The predicted octanol–water partition coefficient (Wildman–Crippen LogP) is 1.25. The smallest absolute Gasteiger partial charge is 0.312 e. The molecule has 0 spiro atoms. The lowest BCUT2D eigenvalue weighted by atomic mass is 10.0. The molecule has 1 N–H and O–H groups in total. The van der Waals surface area contributed by atoms with Crippen LogP contribution in [0.3, 0.4) is 0 Å². The van der Waals surface area contributed by atoms with Crippen LogP contribution in [0.1, 0.15) is 21.8 Å². The first-order valence-corrected chi connectivity index (χ1v) is 6.20. The van der Waals surface area contributed by atoms with E-state index in [0.717, 1.165) is 0 Å². The molecule has 2 heterocycles. The van der Waals surface area contributed by atoms with Gasteiger partial charge >= 0.3 is 5.97 Å². The normalized spacial score (nSPS) is 17.1. The van der Waals surface area contributed by atoms with Gasteiger partial charge in [0.15, 0.2) is 0 Å². The van der Waals surface area contributed by atoms with Gasteiger partial charge in [0.1, 0.15) is 5.92 Å². The summed E-state index contributed by atoms with van der Waals surface area (Å²) in [6.07, 6.45) is 3.11. The minimum absolute atomic E-state index is 0.155. The number of hydrogen-bond donors (Lipinski definition) is 1. The zero-order chi connectivity index (χ0) is 14.3. The van der Waals surface area contributed by atoms with Gasteiger partial charge in [-0.05, 0) is 11.6 Å². The molecular weight excluding hydrogens is 258 g/mol. The number of carboxylic acid groups (broad SMARTS) is 1. The van der Waals surface area contributed by atoms with Crippen LogP contribution in [0.25, 0.3) is 0 Å². The van der Waals surface area contributed by atoms with Gasteiger partial charge in [0, 0.05) is 25.5 Å². The Hall–Kier alpha value is -2.63. The fourth-order valence-corrected chi connectivity index (χ4v) is 2.50. The van der Waals surface area contributed by atoms with Crippen molar-refractivity contribution in [1.82, 2.24) is 9.78 Å². The largest absolute Gasteiger partial charge is 0.481 e. The zero-order valence-corrected chi connectivity index (χ0v) is 10.9. The lowest BCUT2D eigenvalue weighted by Crippen LogP contribution is -2.31. The molecular formula is C14H13N3O3. The number of rotatable bonds is 2. The number of anilines is 1. The van der Waals surface area contributed by atoms with Crippen LogP contribution in [0.2, 0.25) is 0 Å². The summed E-state index contributed by atoms with van der Waals surface area (Å²) >= 11 is 0. The maximum atomic E-state index is 12.5. The van der Waals surface area contributed by atoms with Gasteiger partial charge in [-0.25, -0.2) is 0 Å². The molecule has 1 unspecified atom stereocenters. The number of carbonyl (C=O) groups excluding carboxylic acids is 1. The predicted molar refractivity (Wildman–Crippen MR) is 71.7 cm³/mol. The number of aromatic nitrogens is 2. The molecule has 0 fully saturated rings. The molecule has 1 aromatic heterocycles. The molecule has 0 radical (unpaired) electrons. The van der Waals surface area contributed by atoms with E-state index in [1.165, 1.54) is 11.1 Å². The van der Waals surface area contributed by atoms with Gasteiger partial charge < -0.3 is 10.0 Å². The summed E-state index contributed by atoms with van der Waals surface area (Å²) in [6, 6.07) is 7.11. The lowest BCUT2D eigenvalue weighted by molar-refractivity contribution is -0.138. The van der Waals surface area contributed by atoms with Crippen molar-refractivity contribution in [3.8, 4) is 0 Å². The molecule has 3 rings (SSSR count). The molecule has 0 saturated carbocycles. The van der Waals surface area contributed by atoms with Crippen LogP contribution in [0, 0.1) is 0 Å². The number of carbonyl (C=O) groups is 2. The van der Waals surface area contributed by atoms with Crippen LogP contribution in [-0.2, 0) is 11.8 Å². The first-order valence-electron chi connectivity index (χ1n) is 6.20. The van der Waals surface area contributed by atoms with Gasteiger partial charge in [0.05, 0.1) is 11.8 Å². The Morgan fingerprint density at radius 2 is 2.10 bits per heavy atom. The van der Waals surface area contributed by atoms with Crippen LogP contribution < -0.4 is 4.90 Å². The Balaban J connectivity index is 2.00. The Kier molecular flexibility index (Phi) is 2.78. The SMILES string of the molecule is Cn1cc(C(=O)N2CC(C(=O)O)c3ccccc32)cn1. The summed E-state index contributed by atoms with van der Waals surface area (Å²) in [7, 11) is 1.73. The van der Waals surface area contributed by atoms with Crippen molar-refractivity contribution in [3.05, 3.63) is 47.8 Å². The van der Waals surface area contributed by atoms with E-state index < -0.39 is 11.9 Å². The van der Waals surface area contributed by atoms with Gasteiger partial charge in [-0.2, -0.15) is 5.10 Å². The van der Waals surface area contributed by atoms with Gasteiger partial charge in [-0.3, -0.25) is 14.3 Å². The highest BCUT2D eigenvalue weighted by Crippen LogP contribution is 2.36. The van der Waals surface area contributed by atoms with Crippen LogP contribution >= 0.6 is 0 Å². The second-order valence-corrected chi connectivity index (χ2v) is 4.77. The lowest BCUT2D eigenvalue weighted by Gasteiger charge is -2.16. The summed E-state index contributed by atoms with van der Waals surface area (Å²) in [5.41, 5.74) is 1.79. The second-order valence-electron chi connectivity index (χ2n) is 4.77. The van der Waals surface area contributed by atoms with Crippen molar-refractivity contribution in [1.29, 1.82) is 0 Å². The highest BCUT2D eigenvalue weighted by atomic mass is 16.4. The van der Waals surface area contributed by atoms with Crippen molar-refractivity contribution in [2.45, 2.75) is 5.92 Å². The van der Waals surface area contributed by atoms with E-state index in [4.69, 9.17) is 0 Å². The summed E-state index contributed by atoms with van der Waals surface area (Å²) in [5, 5.41) is 13.3. The second kappa shape index (κ2) is 4.48. The van der Waals surface area contributed by atoms with Crippen molar-refractivity contribution in [2.75, 3.05) is 11.4 Å². The third-order valence-corrected chi connectivity index (χ3v) is 3.46. The number of amides is 1. The Morgan fingerprint density at radius 3 is 2.75 bits per heavy atom. The number of carboxylic acids is 1. The van der Waals surface area contributed by atoms with Gasteiger partial charge in [-0.1, -0.05) is 18.2 Å². The Bertz CT molecular complexity index is 692. The molecule has 6 nitrogen and oxygen atoms in total. The molecule has 1 aliphatic heterocycles. The van der Waals surface area contributed by atoms with E-state index in [-0.39, 0.29) is 12.5 Å². The number of hydrogen-bond acceptors (Lipinski definition) is 3. The average molecular weight is 271 g/mol. The summed E-state index contributed by atoms with van der Waals surface area (Å²) in [5.74, 6) is -1.82. The minimum Gasteiger partial charge on any atom is -0.481 e. The molecule has 1 aromatic carbocycles. The number of benzene rings is 1. The van der Waals surface area contributed by atoms with E-state index in [1.807, 2.05) is 0 Å². The van der Waals surface area contributed by atoms with Crippen LogP contribution in [-0.4, -0.2) is 33.3 Å². The Labute approximate surface area is 115 Å². The fraction of sp³-hybridized carbons (Fsp3) is 0.214. The van der Waals surface area contributed by atoms with E-state index in [0.29, 0.717) is 16.8 Å². The highest BCUT2D eigenvalue weighted by molar-refractivity contribution is 6.08. The third kappa shape index (κ3) is 1.85. The molecule has 1 atom stereocenters. The molecule has 20 heavy (non-hydrogen) atoms. The van der Waals surface area contributed by atoms with Gasteiger partial charge in [0.25, 0.3) is 5.91 Å². The summed E-state index contributed by atoms with van der Waals surface area (Å²) in [6.45, 7) is 0.155. The fourth-order valence-electron chi connectivity index (χ4n) is 2.50. The van der Waals surface area contributed by atoms with Crippen LogP contribution in [0.15, 0.2) is 36.7 Å². The molecule has 102 valence electrons. The first kappa shape index (κ1) is 12.4. The Morgan fingerprint density at radius 1 is 1.35 bits per heavy atom. The molecule has 1 amide bonds.